The van der Waals surface area contributed by atoms with E-state index in [4.69, 9.17) is 8.83 Å². The van der Waals surface area contributed by atoms with Crippen molar-refractivity contribution in [3.63, 3.8) is 0 Å². The topological polar surface area (TPSA) is 111 Å². The molecule has 0 bridgehead atoms. The van der Waals surface area contributed by atoms with Crippen LogP contribution in [-0.2, 0) is 0 Å². The van der Waals surface area contributed by atoms with E-state index in [-0.39, 0.29) is 11.4 Å². The third-order valence-corrected chi connectivity index (χ3v) is 5.15. The number of nitrogens with one attached hydrogen (secondary N) is 1. The number of nitro groups is 1. The average molecular weight is 533 g/mol. The highest BCUT2D eigenvalue weighted by Gasteiger charge is 2.14. The smallest absolute Gasteiger partial charge is 0.307 e. The molecule has 4 rings (SSSR count). The molecule has 0 atom stereocenters. The minimum absolute atomic E-state index is 0.000205. The molecule has 4 aromatic rings. The summed E-state index contributed by atoms with van der Waals surface area (Å²) < 4.78 is 12.8. The number of halogens is 2. The summed E-state index contributed by atoms with van der Waals surface area (Å²) in [6.07, 6.45) is 1.35. The van der Waals surface area contributed by atoms with Crippen LogP contribution in [0.5, 0.6) is 0 Å². The summed E-state index contributed by atoms with van der Waals surface area (Å²) in [7, 11) is 0. The highest BCUT2D eigenvalue weighted by molar-refractivity contribution is 9.11. The van der Waals surface area contributed by atoms with Crippen molar-refractivity contribution >= 4 is 60.6 Å². The quantitative estimate of drug-likeness (QED) is 0.196. The molecule has 0 aliphatic carbocycles. The van der Waals surface area contributed by atoms with Crippen LogP contribution in [0.15, 0.2) is 77.5 Å². The van der Waals surface area contributed by atoms with Gasteiger partial charge in [0.25, 0.3) is 5.69 Å². The van der Waals surface area contributed by atoms with Crippen molar-refractivity contribution in [1.82, 2.24) is 5.43 Å². The second-order valence-corrected chi connectivity index (χ2v) is 7.89. The standard InChI is InChI=1S/C20H11Br2N3O5/c21-13-7-12-8-18(30-19(12)16(22)9-13)20(26)24-23-10-15-5-6-17(29-15)11-1-3-14(4-2-11)25(27)28/h1-10H,(H,24,26)/b23-10+. The molecular formula is C20H11Br2N3O5. The highest BCUT2D eigenvalue weighted by Crippen LogP contribution is 2.31. The van der Waals surface area contributed by atoms with Gasteiger partial charge in [-0.3, -0.25) is 14.9 Å². The maximum Gasteiger partial charge on any atom is 0.307 e. The van der Waals surface area contributed by atoms with Crippen molar-refractivity contribution < 1.29 is 18.6 Å². The van der Waals surface area contributed by atoms with Gasteiger partial charge in [-0.2, -0.15) is 5.10 Å². The van der Waals surface area contributed by atoms with Gasteiger partial charge >= 0.3 is 5.91 Å². The lowest BCUT2D eigenvalue weighted by atomic mass is 10.1. The van der Waals surface area contributed by atoms with Crippen molar-refractivity contribution in [2.24, 2.45) is 5.10 Å². The molecule has 0 saturated heterocycles. The van der Waals surface area contributed by atoms with Gasteiger partial charge in [0.2, 0.25) is 0 Å². The van der Waals surface area contributed by atoms with Crippen LogP contribution in [0.4, 0.5) is 5.69 Å². The first-order valence-electron chi connectivity index (χ1n) is 8.47. The lowest BCUT2D eigenvalue weighted by Gasteiger charge is -1.96. The number of amides is 1. The summed E-state index contributed by atoms with van der Waals surface area (Å²) in [5.74, 6) is 0.532. The minimum Gasteiger partial charge on any atom is -0.455 e. The highest BCUT2D eigenvalue weighted by atomic mass is 79.9. The summed E-state index contributed by atoms with van der Waals surface area (Å²) in [4.78, 5) is 22.5. The first kappa shape index (κ1) is 20.0. The molecule has 2 heterocycles. The van der Waals surface area contributed by atoms with Crippen LogP contribution in [0.2, 0.25) is 0 Å². The number of benzene rings is 2. The second-order valence-electron chi connectivity index (χ2n) is 6.12. The van der Waals surface area contributed by atoms with Gasteiger partial charge in [0.15, 0.2) is 5.76 Å². The summed E-state index contributed by atoms with van der Waals surface area (Å²) in [6.45, 7) is 0. The molecule has 0 unspecified atom stereocenters. The predicted molar refractivity (Wildman–Crippen MR) is 117 cm³/mol. The molecule has 0 fully saturated rings. The Balaban J connectivity index is 1.44. The van der Waals surface area contributed by atoms with Crippen molar-refractivity contribution in [3.05, 3.63) is 85.2 Å². The molecule has 0 spiro atoms. The van der Waals surface area contributed by atoms with E-state index in [1.807, 2.05) is 12.1 Å². The van der Waals surface area contributed by atoms with Crippen LogP contribution in [0.25, 0.3) is 22.3 Å². The molecule has 1 N–H and O–H groups in total. The zero-order chi connectivity index (χ0) is 21.3. The number of carbonyl (C=O) groups excluding carboxylic acids is 1. The Bertz CT molecular complexity index is 1290. The number of nitro benzene ring substituents is 1. The molecule has 0 aliphatic heterocycles. The molecule has 2 aromatic heterocycles. The third kappa shape index (κ3) is 4.19. The van der Waals surface area contributed by atoms with Crippen molar-refractivity contribution in [2.75, 3.05) is 0 Å². The fourth-order valence-corrected chi connectivity index (χ4v) is 4.06. The summed E-state index contributed by atoms with van der Waals surface area (Å²) in [6, 6.07) is 14.6. The molecule has 0 radical (unpaired) electrons. The van der Waals surface area contributed by atoms with Gasteiger partial charge in [0, 0.05) is 27.6 Å². The maximum atomic E-state index is 12.3. The number of rotatable bonds is 5. The van der Waals surface area contributed by atoms with Crippen LogP contribution in [0, 0.1) is 10.1 Å². The normalized spacial score (nSPS) is 11.3. The van der Waals surface area contributed by atoms with E-state index in [1.165, 1.54) is 18.3 Å². The Morgan fingerprint density at radius 2 is 1.83 bits per heavy atom. The number of non-ortho nitro benzene ring substituents is 1. The Kier molecular flexibility index (Phi) is 5.51. The van der Waals surface area contributed by atoms with Gasteiger partial charge in [0.05, 0.1) is 15.6 Å². The van der Waals surface area contributed by atoms with Crippen molar-refractivity contribution in [3.8, 4) is 11.3 Å². The van der Waals surface area contributed by atoms with Crippen LogP contribution < -0.4 is 5.43 Å². The van der Waals surface area contributed by atoms with Crippen LogP contribution >= 0.6 is 31.9 Å². The van der Waals surface area contributed by atoms with Gasteiger partial charge < -0.3 is 8.83 Å². The number of carbonyl (C=O) groups is 1. The van der Waals surface area contributed by atoms with E-state index >= 15 is 0 Å². The van der Waals surface area contributed by atoms with Crippen LogP contribution in [-0.4, -0.2) is 17.0 Å². The molecule has 1 amide bonds. The van der Waals surface area contributed by atoms with Gasteiger partial charge in [-0.1, -0.05) is 15.9 Å². The van der Waals surface area contributed by atoms with Crippen LogP contribution in [0.1, 0.15) is 16.3 Å². The minimum atomic E-state index is -0.507. The van der Waals surface area contributed by atoms with E-state index in [2.05, 4.69) is 42.4 Å². The third-order valence-electron chi connectivity index (χ3n) is 4.11. The van der Waals surface area contributed by atoms with Crippen molar-refractivity contribution in [2.45, 2.75) is 0 Å². The number of furan rings is 2. The number of nitrogens with zero attached hydrogens (tertiary/aromatic N) is 2. The first-order valence-corrected chi connectivity index (χ1v) is 10.1. The zero-order valence-corrected chi connectivity index (χ0v) is 18.1. The fourth-order valence-electron chi connectivity index (χ4n) is 2.72. The number of hydrazone groups is 1. The Morgan fingerprint density at radius 3 is 2.57 bits per heavy atom. The first-order chi connectivity index (χ1) is 14.4. The molecule has 0 saturated carbocycles. The molecule has 10 heteroatoms. The van der Waals surface area contributed by atoms with E-state index in [0.29, 0.717) is 22.7 Å². The van der Waals surface area contributed by atoms with Gasteiger partial charge in [-0.05, 0) is 58.4 Å². The zero-order valence-electron chi connectivity index (χ0n) is 15.0. The SMILES string of the molecule is O=C(N/N=C/c1ccc(-c2ccc([N+](=O)[O-])cc2)o1)c1cc2cc(Br)cc(Br)c2o1. The molecule has 2 aromatic carbocycles. The molecule has 150 valence electrons. The number of hydrogen-bond donors (Lipinski definition) is 1. The summed E-state index contributed by atoms with van der Waals surface area (Å²) >= 11 is 6.79. The summed E-state index contributed by atoms with van der Waals surface area (Å²) in [5.41, 5.74) is 3.63. The fraction of sp³-hybridized carbons (Fsp3) is 0. The van der Waals surface area contributed by atoms with E-state index in [9.17, 15) is 14.9 Å². The molecule has 8 nitrogen and oxygen atoms in total. The lowest BCUT2D eigenvalue weighted by Crippen LogP contribution is -2.16. The van der Waals surface area contributed by atoms with Crippen LogP contribution in [0.3, 0.4) is 0 Å². The Morgan fingerprint density at radius 1 is 1.07 bits per heavy atom. The number of fused-ring (bicyclic) bond motifs is 1. The van der Waals surface area contributed by atoms with Gasteiger partial charge in [-0.25, -0.2) is 5.43 Å². The predicted octanol–water partition coefficient (Wildman–Crippen LogP) is 5.89. The van der Waals surface area contributed by atoms with Crippen molar-refractivity contribution in [1.29, 1.82) is 0 Å². The Labute approximate surface area is 186 Å². The molecular weight excluding hydrogens is 522 g/mol. The van der Waals surface area contributed by atoms with E-state index in [0.717, 1.165) is 14.3 Å². The second kappa shape index (κ2) is 8.25. The maximum absolute atomic E-state index is 12.3. The van der Waals surface area contributed by atoms with E-state index < -0.39 is 10.8 Å². The molecule has 0 aliphatic rings. The lowest BCUT2D eigenvalue weighted by molar-refractivity contribution is -0.384. The van der Waals surface area contributed by atoms with Gasteiger partial charge in [0.1, 0.15) is 17.1 Å². The van der Waals surface area contributed by atoms with E-state index in [1.54, 1.807) is 30.3 Å². The Hall–Kier alpha value is -3.24. The van der Waals surface area contributed by atoms with Gasteiger partial charge in [-0.15, -0.1) is 0 Å². The monoisotopic (exact) mass is 531 g/mol. The largest absolute Gasteiger partial charge is 0.455 e. The molecule has 30 heavy (non-hydrogen) atoms. The average Bonchev–Trinajstić information content (AvgIpc) is 3.35. The number of hydrogen-bond acceptors (Lipinski definition) is 6. The summed E-state index contributed by atoms with van der Waals surface area (Å²) in [5, 5.41) is 15.4.